The number of nitrogen functional groups attached to an aromatic ring is 2. The SMILES string of the molecule is C.C.Cc1cc(N)ccc1NCCCN1CCN(CCCN2CCN(CCCNc3ccc(N)cc3C)C2)C1. The van der Waals surface area contributed by atoms with Gasteiger partial charge in [-0.2, -0.15) is 0 Å². The first kappa shape index (κ1) is 32.7. The van der Waals surface area contributed by atoms with Crippen LogP contribution in [0.2, 0.25) is 0 Å². The van der Waals surface area contributed by atoms with Crippen molar-refractivity contribution in [1.29, 1.82) is 0 Å². The fourth-order valence-corrected chi connectivity index (χ4v) is 5.48. The molecular formula is C31H56N8. The smallest absolute Gasteiger partial charge is 0.0507 e. The molecule has 2 fully saturated rings. The summed E-state index contributed by atoms with van der Waals surface area (Å²) in [5.41, 5.74) is 18.2. The third-order valence-corrected chi connectivity index (χ3v) is 7.65. The maximum atomic E-state index is 5.85. The van der Waals surface area contributed by atoms with E-state index in [0.717, 1.165) is 63.7 Å². The number of hydrogen-bond acceptors (Lipinski definition) is 8. The van der Waals surface area contributed by atoms with Gasteiger partial charge in [-0.3, -0.25) is 19.6 Å². The van der Waals surface area contributed by atoms with E-state index in [4.69, 9.17) is 11.5 Å². The van der Waals surface area contributed by atoms with Gasteiger partial charge >= 0.3 is 0 Å². The van der Waals surface area contributed by atoms with Crippen LogP contribution in [0.15, 0.2) is 36.4 Å². The van der Waals surface area contributed by atoms with Crippen LogP contribution >= 0.6 is 0 Å². The van der Waals surface area contributed by atoms with Crippen LogP contribution in [-0.2, 0) is 0 Å². The average Bonchev–Trinajstić information content (AvgIpc) is 3.51. The first-order chi connectivity index (χ1) is 18.0. The maximum Gasteiger partial charge on any atom is 0.0507 e. The standard InChI is InChI=1S/C29H48N8.2CH4/c1-24-20-26(30)6-8-28(24)32-10-3-12-34-16-18-36(22-34)14-5-15-37-19-17-35(23-37)13-4-11-33-29-9-7-27(31)21-25(29)2;;/h6-9,20-21,32-33H,3-5,10-19,22-23,30-31H2,1-2H3;2*1H4. The van der Waals surface area contributed by atoms with E-state index < -0.39 is 0 Å². The van der Waals surface area contributed by atoms with Crippen LogP contribution in [-0.4, -0.2) is 98.4 Å². The molecule has 0 atom stereocenters. The molecule has 0 unspecified atom stereocenters. The van der Waals surface area contributed by atoms with Crippen molar-refractivity contribution in [2.45, 2.75) is 48.0 Å². The van der Waals surface area contributed by atoms with E-state index in [1.54, 1.807) is 0 Å². The zero-order chi connectivity index (χ0) is 26.0. The van der Waals surface area contributed by atoms with Gasteiger partial charge in [0.05, 0.1) is 13.3 Å². The maximum absolute atomic E-state index is 5.85. The molecule has 6 N–H and O–H groups in total. The molecule has 2 aliphatic heterocycles. The first-order valence-corrected chi connectivity index (χ1v) is 14.1. The monoisotopic (exact) mass is 540 g/mol. The lowest BCUT2D eigenvalue weighted by Crippen LogP contribution is -2.31. The van der Waals surface area contributed by atoms with Crippen LogP contribution in [0, 0.1) is 13.8 Å². The van der Waals surface area contributed by atoms with E-state index in [2.05, 4.69) is 56.2 Å². The molecule has 8 heteroatoms. The van der Waals surface area contributed by atoms with E-state index >= 15 is 0 Å². The van der Waals surface area contributed by atoms with Gasteiger partial charge < -0.3 is 22.1 Å². The van der Waals surface area contributed by atoms with Crippen molar-refractivity contribution in [3.63, 3.8) is 0 Å². The highest BCUT2D eigenvalue weighted by atomic mass is 15.4. The lowest BCUT2D eigenvalue weighted by molar-refractivity contribution is 0.214. The molecule has 0 radical (unpaired) electrons. The van der Waals surface area contributed by atoms with E-state index in [1.165, 1.54) is 68.2 Å². The Morgan fingerprint density at radius 3 is 1.31 bits per heavy atom. The number of nitrogens with zero attached hydrogens (tertiary/aromatic N) is 4. The van der Waals surface area contributed by atoms with Crippen LogP contribution in [0.1, 0.15) is 45.2 Å². The first-order valence-electron chi connectivity index (χ1n) is 14.1. The molecule has 0 spiro atoms. The van der Waals surface area contributed by atoms with Gasteiger partial charge in [0.1, 0.15) is 0 Å². The summed E-state index contributed by atoms with van der Waals surface area (Å²) in [4.78, 5) is 10.4. The number of anilines is 4. The highest BCUT2D eigenvalue weighted by Crippen LogP contribution is 2.19. The van der Waals surface area contributed by atoms with Gasteiger partial charge in [0, 0.05) is 88.2 Å². The van der Waals surface area contributed by atoms with Crippen molar-refractivity contribution >= 4 is 22.7 Å². The highest BCUT2D eigenvalue weighted by Gasteiger charge is 2.21. The summed E-state index contributed by atoms with van der Waals surface area (Å²) in [5.74, 6) is 0. The second kappa shape index (κ2) is 16.6. The second-order valence-corrected chi connectivity index (χ2v) is 10.8. The fraction of sp³-hybridized carbons (Fsp3) is 0.613. The summed E-state index contributed by atoms with van der Waals surface area (Å²) in [6, 6.07) is 12.2. The normalized spacial score (nSPS) is 16.7. The predicted octanol–water partition coefficient (Wildman–Crippen LogP) is 4.58. The molecule has 8 nitrogen and oxygen atoms in total. The van der Waals surface area contributed by atoms with Crippen molar-refractivity contribution < 1.29 is 0 Å². The van der Waals surface area contributed by atoms with Gasteiger partial charge in [-0.05, 0) is 80.6 Å². The molecular weight excluding hydrogens is 484 g/mol. The van der Waals surface area contributed by atoms with E-state index in [-0.39, 0.29) is 14.9 Å². The third kappa shape index (κ3) is 10.5. The summed E-state index contributed by atoms with van der Waals surface area (Å²) in [6.45, 7) is 18.0. The van der Waals surface area contributed by atoms with Crippen LogP contribution in [0.3, 0.4) is 0 Å². The summed E-state index contributed by atoms with van der Waals surface area (Å²) < 4.78 is 0. The minimum Gasteiger partial charge on any atom is -0.399 e. The van der Waals surface area contributed by atoms with Crippen LogP contribution < -0.4 is 22.1 Å². The summed E-state index contributed by atoms with van der Waals surface area (Å²) >= 11 is 0. The Kier molecular flexibility index (Phi) is 13.9. The molecule has 0 amide bonds. The Morgan fingerprint density at radius 1 is 0.590 bits per heavy atom. The zero-order valence-corrected chi connectivity index (χ0v) is 23.0. The number of hydrogen-bond donors (Lipinski definition) is 4. The highest BCUT2D eigenvalue weighted by molar-refractivity contribution is 5.58. The number of aryl methyl sites for hydroxylation is 2. The Bertz CT molecular complexity index is 904. The molecule has 220 valence electrons. The Hall–Kier alpha value is -2.52. The van der Waals surface area contributed by atoms with Crippen LogP contribution in [0.5, 0.6) is 0 Å². The van der Waals surface area contributed by atoms with Crippen molar-refractivity contribution in [2.24, 2.45) is 0 Å². The summed E-state index contributed by atoms with van der Waals surface area (Å²) in [7, 11) is 0. The zero-order valence-electron chi connectivity index (χ0n) is 23.0. The fourth-order valence-electron chi connectivity index (χ4n) is 5.48. The molecule has 2 aliphatic rings. The lowest BCUT2D eigenvalue weighted by atomic mass is 10.2. The molecule has 0 saturated carbocycles. The van der Waals surface area contributed by atoms with Crippen molar-refractivity contribution in [3.05, 3.63) is 47.5 Å². The van der Waals surface area contributed by atoms with Crippen molar-refractivity contribution in [1.82, 2.24) is 19.6 Å². The quantitative estimate of drug-likeness (QED) is 0.205. The van der Waals surface area contributed by atoms with Gasteiger partial charge in [-0.1, -0.05) is 14.9 Å². The van der Waals surface area contributed by atoms with Crippen LogP contribution in [0.4, 0.5) is 22.7 Å². The van der Waals surface area contributed by atoms with Crippen LogP contribution in [0.25, 0.3) is 0 Å². The molecule has 2 aromatic carbocycles. The molecule has 2 aromatic rings. The van der Waals surface area contributed by atoms with Crippen molar-refractivity contribution in [3.8, 4) is 0 Å². The topological polar surface area (TPSA) is 89.1 Å². The molecule has 39 heavy (non-hydrogen) atoms. The molecule has 0 bridgehead atoms. The Balaban J connectivity index is 0.00000267. The number of nitrogens with two attached hydrogens (primary N) is 2. The van der Waals surface area contributed by atoms with Gasteiger partial charge in [0.25, 0.3) is 0 Å². The Labute approximate surface area is 238 Å². The Morgan fingerprint density at radius 2 is 0.949 bits per heavy atom. The van der Waals surface area contributed by atoms with E-state index in [0.29, 0.717) is 0 Å². The minimum absolute atomic E-state index is 0. The molecule has 2 heterocycles. The van der Waals surface area contributed by atoms with E-state index in [1.807, 2.05) is 24.3 Å². The average molecular weight is 541 g/mol. The summed E-state index contributed by atoms with van der Waals surface area (Å²) in [6.07, 6.45) is 3.59. The largest absolute Gasteiger partial charge is 0.399 e. The molecule has 0 aliphatic carbocycles. The van der Waals surface area contributed by atoms with Gasteiger partial charge in [-0.15, -0.1) is 0 Å². The third-order valence-electron chi connectivity index (χ3n) is 7.65. The van der Waals surface area contributed by atoms with E-state index in [9.17, 15) is 0 Å². The molecule has 0 aromatic heterocycles. The molecule has 2 saturated heterocycles. The van der Waals surface area contributed by atoms with Crippen molar-refractivity contribution in [2.75, 3.05) is 101 Å². The number of nitrogens with one attached hydrogen (secondary N) is 2. The number of rotatable bonds is 14. The predicted molar refractivity (Wildman–Crippen MR) is 172 cm³/mol. The van der Waals surface area contributed by atoms with Gasteiger partial charge in [0.2, 0.25) is 0 Å². The molecule has 4 rings (SSSR count). The number of benzene rings is 2. The van der Waals surface area contributed by atoms with Gasteiger partial charge in [0.15, 0.2) is 0 Å². The second-order valence-electron chi connectivity index (χ2n) is 10.8. The lowest BCUT2D eigenvalue weighted by Gasteiger charge is -2.21. The summed E-state index contributed by atoms with van der Waals surface area (Å²) in [5, 5.41) is 7.12. The minimum atomic E-state index is 0. The van der Waals surface area contributed by atoms with Gasteiger partial charge in [-0.25, -0.2) is 0 Å².